The van der Waals surface area contributed by atoms with Crippen molar-refractivity contribution in [2.75, 3.05) is 13.1 Å². The highest BCUT2D eigenvalue weighted by molar-refractivity contribution is 5.76. The highest BCUT2D eigenvalue weighted by Gasteiger charge is 2.26. The number of β-amino-alcohol motifs (C(OH)–C–C–N with tert-alkyl or cyclic N) is 1. The molecule has 1 aromatic rings. The predicted octanol–water partition coefficient (Wildman–Crippen LogP) is 2.47. The van der Waals surface area contributed by atoms with Crippen LogP contribution in [-0.2, 0) is 11.2 Å². The van der Waals surface area contributed by atoms with Crippen molar-refractivity contribution >= 4 is 5.91 Å². The molecule has 20 heavy (non-hydrogen) atoms. The average Bonchev–Trinajstić information content (AvgIpc) is 2.40. The van der Waals surface area contributed by atoms with Crippen LogP contribution in [0.2, 0.25) is 0 Å². The van der Waals surface area contributed by atoms with Gasteiger partial charge in [-0.25, -0.2) is 0 Å². The summed E-state index contributed by atoms with van der Waals surface area (Å²) in [4.78, 5) is 14.0. The number of rotatable bonds is 3. The van der Waals surface area contributed by atoms with E-state index in [1.54, 1.807) is 0 Å². The molecule has 1 aliphatic heterocycles. The molecule has 2 atom stereocenters. The number of benzene rings is 1. The molecule has 1 fully saturated rings. The van der Waals surface area contributed by atoms with Gasteiger partial charge in [0, 0.05) is 19.5 Å². The first-order chi connectivity index (χ1) is 9.47. The van der Waals surface area contributed by atoms with E-state index in [9.17, 15) is 9.90 Å². The summed E-state index contributed by atoms with van der Waals surface area (Å²) >= 11 is 0. The number of hydrogen-bond donors (Lipinski definition) is 1. The fraction of sp³-hybridized carbons (Fsp3) is 0.588. The SMILES string of the molecule is Cc1ccc(CCC(=O)N2CCC(C)C(O)C2)c(C)c1. The van der Waals surface area contributed by atoms with Gasteiger partial charge in [0.05, 0.1) is 6.10 Å². The van der Waals surface area contributed by atoms with Crippen LogP contribution in [-0.4, -0.2) is 35.1 Å². The monoisotopic (exact) mass is 275 g/mol. The molecule has 0 radical (unpaired) electrons. The summed E-state index contributed by atoms with van der Waals surface area (Å²) in [7, 11) is 0. The van der Waals surface area contributed by atoms with Gasteiger partial charge in [-0.2, -0.15) is 0 Å². The van der Waals surface area contributed by atoms with Gasteiger partial charge in [0.2, 0.25) is 5.91 Å². The highest BCUT2D eigenvalue weighted by atomic mass is 16.3. The summed E-state index contributed by atoms with van der Waals surface area (Å²) in [6.45, 7) is 7.50. The van der Waals surface area contributed by atoms with E-state index < -0.39 is 0 Å². The maximum Gasteiger partial charge on any atom is 0.222 e. The van der Waals surface area contributed by atoms with E-state index in [1.807, 2.05) is 11.8 Å². The van der Waals surface area contributed by atoms with Gasteiger partial charge in [0.15, 0.2) is 0 Å². The average molecular weight is 275 g/mol. The topological polar surface area (TPSA) is 40.5 Å². The lowest BCUT2D eigenvalue weighted by molar-refractivity contribution is -0.135. The standard InChI is InChI=1S/C17H25NO2/c1-12-4-5-15(14(3)10-12)6-7-17(20)18-9-8-13(2)16(19)11-18/h4-5,10,13,16,19H,6-9,11H2,1-3H3. The summed E-state index contributed by atoms with van der Waals surface area (Å²) < 4.78 is 0. The maximum absolute atomic E-state index is 12.2. The Hall–Kier alpha value is -1.35. The number of likely N-dealkylation sites (tertiary alicyclic amines) is 1. The van der Waals surface area contributed by atoms with Crippen molar-refractivity contribution in [2.24, 2.45) is 5.92 Å². The van der Waals surface area contributed by atoms with E-state index in [0.717, 1.165) is 19.4 Å². The minimum Gasteiger partial charge on any atom is -0.391 e. The quantitative estimate of drug-likeness (QED) is 0.920. The first-order valence-corrected chi connectivity index (χ1v) is 7.49. The molecule has 0 aromatic heterocycles. The lowest BCUT2D eigenvalue weighted by atomic mass is 9.95. The van der Waals surface area contributed by atoms with Gasteiger partial charge in [0.1, 0.15) is 0 Å². The zero-order valence-electron chi connectivity index (χ0n) is 12.7. The minimum absolute atomic E-state index is 0.163. The lowest BCUT2D eigenvalue weighted by Crippen LogP contribution is -2.45. The Labute approximate surface area is 121 Å². The van der Waals surface area contributed by atoms with Crippen LogP contribution in [0.5, 0.6) is 0 Å². The van der Waals surface area contributed by atoms with Gasteiger partial charge in [-0.15, -0.1) is 0 Å². The molecule has 1 heterocycles. The molecule has 0 aliphatic carbocycles. The second-order valence-corrected chi connectivity index (χ2v) is 6.10. The van der Waals surface area contributed by atoms with E-state index in [4.69, 9.17) is 0 Å². The smallest absolute Gasteiger partial charge is 0.222 e. The number of aliphatic hydroxyl groups is 1. The summed E-state index contributed by atoms with van der Waals surface area (Å²) in [5.41, 5.74) is 3.76. The third-order valence-electron chi connectivity index (χ3n) is 4.38. The normalized spacial score (nSPS) is 22.9. The van der Waals surface area contributed by atoms with Gasteiger partial charge >= 0.3 is 0 Å². The van der Waals surface area contributed by atoms with Crippen molar-refractivity contribution in [3.05, 3.63) is 34.9 Å². The molecule has 1 amide bonds. The molecule has 0 saturated carbocycles. The largest absolute Gasteiger partial charge is 0.391 e. The van der Waals surface area contributed by atoms with Gasteiger partial charge < -0.3 is 10.0 Å². The Kier molecular flexibility index (Phi) is 4.81. The van der Waals surface area contributed by atoms with Crippen molar-refractivity contribution in [2.45, 2.75) is 46.1 Å². The van der Waals surface area contributed by atoms with E-state index in [2.05, 4.69) is 32.0 Å². The third kappa shape index (κ3) is 3.60. The van der Waals surface area contributed by atoms with Crippen molar-refractivity contribution in [1.82, 2.24) is 4.90 Å². The molecule has 1 N–H and O–H groups in total. The summed E-state index contributed by atoms with van der Waals surface area (Å²) in [5.74, 6) is 0.467. The molecule has 2 rings (SSSR count). The number of nitrogens with zero attached hydrogens (tertiary/aromatic N) is 1. The number of amides is 1. The van der Waals surface area contributed by atoms with Gasteiger partial charge in [-0.1, -0.05) is 30.7 Å². The van der Waals surface area contributed by atoms with Crippen molar-refractivity contribution < 1.29 is 9.90 Å². The zero-order chi connectivity index (χ0) is 14.7. The van der Waals surface area contributed by atoms with Crippen LogP contribution in [0.25, 0.3) is 0 Å². The molecule has 0 spiro atoms. The summed E-state index contributed by atoms with van der Waals surface area (Å²) in [5, 5.41) is 9.86. The zero-order valence-corrected chi connectivity index (χ0v) is 12.7. The predicted molar refractivity (Wildman–Crippen MR) is 80.6 cm³/mol. The van der Waals surface area contributed by atoms with Crippen LogP contribution >= 0.6 is 0 Å². The Morgan fingerprint density at radius 3 is 2.80 bits per heavy atom. The number of hydrogen-bond acceptors (Lipinski definition) is 2. The molecular formula is C17H25NO2. The number of aliphatic hydroxyl groups excluding tert-OH is 1. The van der Waals surface area contributed by atoms with Crippen molar-refractivity contribution in [1.29, 1.82) is 0 Å². The summed E-state index contributed by atoms with van der Waals surface area (Å²) in [6, 6.07) is 6.37. The molecule has 3 nitrogen and oxygen atoms in total. The molecule has 0 bridgehead atoms. The first-order valence-electron chi connectivity index (χ1n) is 7.49. The van der Waals surface area contributed by atoms with Crippen molar-refractivity contribution in [3.8, 4) is 0 Å². The van der Waals surface area contributed by atoms with Crippen LogP contribution < -0.4 is 0 Å². The Morgan fingerprint density at radius 2 is 2.15 bits per heavy atom. The van der Waals surface area contributed by atoms with Crippen LogP contribution in [0.1, 0.15) is 36.5 Å². The van der Waals surface area contributed by atoms with E-state index in [0.29, 0.717) is 18.9 Å². The van der Waals surface area contributed by atoms with Gasteiger partial charge in [0.25, 0.3) is 0 Å². The highest BCUT2D eigenvalue weighted by Crippen LogP contribution is 2.19. The molecule has 3 heteroatoms. The minimum atomic E-state index is -0.367. The maximum atomic E-state index is 12.2. The summed E-state index contributed by atoms with van der Waals surface area (Å²) in [6.07, 6.45) is 1.85. The van der Waals surface area contributed by atoms with Gasteiger partial charge in [-0.05, 0) is 43.7 Å². The first kappa shape index (κ1) is 15.0. The molecule has 1 aromatic carbocycles. The molecular weight excluding hydrogens is 250 g/mol. The molecule has 110 valence electrons. The van der Waals surface area contributed by atoms with E-state index >= 15 is 0 Å². The molecule has 1 aliphatic rings. The number of aryl methyl sites for hydroxylation is 3. The number of piperidine rings is 1. The Balaban J connectivity index is 1.89. The van der Waals surface area contributed by atoms with Crippen LogP contribution in [0, 0.1) is 19.8 Å². The fourth-order valence-corrected chi connectivity index (χ4v) is 2.80. The second-order valence-electron chi connectivity index (χ2n) is 6.10. The second kappa shape index (κ2) is 6.40. The third-order valence-corrected chi connectivity index (χ3v) is 4.38. The van der Waals surface area contributed by atoms with Gasteiger partial charge in [-0.3, -0.25) is 4.79 Å². The van der Waals surface area contributed by atoms with Crippen LogP contribution in [0.3, 0.4) is 0 Å². The van der Waals surface area contributed by atoms with Crippen molar-refractivity contribution in [3.63, 3.8) is 0 Å². The lowest BCUT2D eigenvalue weighted by Gasteiger charge is -2.34. The van der Waals surface area contributed by atoms with Crippen LogP contribution in [0.4, 0.5) is 0 Å². The van der Waals surface area contributed by atoms with E-state index in [-0.39, 0.29) is 12.0 Å². The molecule has 1 saturated heterocycles. The Morgan fingerprint density at radius 1 is 1.40 bits per heavy atom. The number of carbonyl (C=O) groups is 1. The van der Waals surface area contributed by atoms with Crippen LogP contribution in [0.15, 0.2) is 18.2 Å². The van der Waals surface area contributed by atoms with E-state index in [1.165, 1.54) is 16.7 Å². The fourth-order valence-electron chi connectivity index (χ4n) is 2.80. The Bertz CT molecular complexity index is 484. The number of carbonyl (C=O) groups excluding carboxylic acids is 1. The molecule has 2 unspecified atom stereocenters.